The average molecular weight is 302 g/mol. The lowest BCUT2D eigenvalue weighted by atomic mass is 10.0. The van der Waals surface area contributed by atoms with Crippen LogP contribution in [0.2, 0.25) is 0 Å². The highest BCUT2D eigenvalue weighted by Gasteiger charge is 2.26. The van der Waals surface area contributed by atoms with Crippen molar-refractivity contribution in [1.29, 1.82) is 0 Å². The van der Waals surface area contributed by atoms with Gasteiger partial charge in [-0.15, -0.1) is 0 Å². The van der Waals surface area contributed by atoms with Crippen LogP contribution in [-0.4, -0.2) is 51.4 Å². The minimum absolute atomic E-state index is 0.136. The minimum atomic E-state index is -0.492. The van der Waals surface area contributed by atoms with Gasteiger partial charge in [-0.05, 0) is 25.0 Å². The Balaban J connectivity index is 1.64. The van der Waals surface area contributed by atoms with Gasteiger partial charge in [-0.3, -0.25) is 10.00 Å². The molecule has 0 amide bonds. The molecule has 0 saturated carbocycles. The number of aromatic nitrogens is 3. The Labute approximate surface area is 130 Å². The van der Waals surface area contributed by atoms with Gasteiger partial charge in [0.2, 0.25) is 0 Å². The first-order valence-electron chi connectivity index (χ1n) is 7.60. The number of benzene rings is 1. The van der Waals surface area contributed by atoms with Crippen molar-refractivity contribution in [3.05, 3.63) is 47.0 Å². The van der Waals surface area contributed by atoms with E-state index >= 15 is 0 Å². The van der Waals surface area contributed by atoms with Gasteiger partial charge in [-0.2, -0.15) is 5.10 Å². The molecule has 1 saturated heterocycles. The van der Waals surface area contributed by atoms with Crippen molar-refractivity contribution in [2.24, 2.45) is 0 Å². The molecular formula is C16H22N4O2. The topological polar surface area (TPSA) is 74.3 Å². The van der Waals surface area contributed by atoms with E-state index in [9.17, 15) is 5.11 Å². The molecule has 1 aliphatic rings. The number of hydrogen-bond donors (Lipinski definition) is 2. The van der Waals surface area contributed by atoms with Gasteiger partial charge in [-0.1, -0.05) is 24.3 Å². The number of hydrogen-bond acceptors (Lipinski definition) is 5. The first-order valence-corrected chi connectivity index (χ1v) is 7.60. The van der Waals surface area contributed by atoms with Crippen LogP contribution in [0, 0.1) is 13.8 Å². The van der Waals surface area contributed by atoms with E-state index in [0.717, 1.165) is 23.5 Å². The Morgan fingerprint density at radius 1 is 1.41 bits per heavy atom. The number of H-pyrrole nitrogens is 1. The largest absolute Gasteiger partial charge is 0.387 e. The molecule has 0 unspecified atom stereocenters. The number of β-amino-alcohol motifs (C(OH)–C–C–N with tert-alkyl or cyclic N) is 1. The highest BCUT2D eigenvalue weighted by Crippen LogP contribution is 2.23. The fraction of sp³-hybridized carbons (Fsp3) is 0.500. The summed E-state index contributed by atoms with van der Waals surface area (Å²) in [7, 11) is 0. The van der Waals surface area contributed by atoms with Crippen LogP contribution in [0.4, 0.5) is 0 Å². The summed E-state index contributed by atoms with van der Waals surface area (Å²) in [4.78, 5) is 6.54. The lowest BCUT2D eigenvalue weighted by Gasteiger charge is -2.33. The summed E-state index contributed by atoms with van der Waals surface area (Å²) < 4.78 is 5.75. The maximum Gasteiger partial charge on any atom is 0.180 e. The Morgan fingerprint density at radius 2 is 2.23 bits per heavy atom. The monoisotopic (exact) mass is 302 g/mol. The molecule has 6 nitrogen and oxygen atoms in total. The molecule has 0 spiro atoms. The van der Waals surface area contributed by atoms with Gasteiger partial charge in [0, 0.05) is 19.6 Å². The molecule has 2 heterocycles. The Bertz CT molecular complexity index is 628. The minimum Gasteiger partial charge on any atom is -0.387 e. The molecule has 1 fully saturated rings. The second-order valence-electron chi connectivity index (χ2n) is 5.77. The van der Waals surface area contributed by atoms with Crippen molar-refractivity contribution in [3.8, 4) is 0 Å². The van der Waals surface area contributed by atoms with Gasteiger partial charge in [-0.25, -0.2) is 4.98 Å². The van der Waals surface area contributed by atoms with E-state index in [1.54, 1.807) is 0 Å². The number of aliphatic hydroxyl groups is 1. The average Bonchev–Trinajstić information content (AvgIpc) is 2.94. The zero-order valence-electron chi connectivity index (χ0n) is 13.0. The highest BCUT2D eigenvalue weighted by atomic mass is 16.5. The summed E-state index contributed by atoms with van der Waals surface area (Å²) in [5, 5.41) is 17.5. The van der Waals surface area contributed by atoms with E-state index < -0.39 is 6.10 Å². The van der Waals surface area contributed by atoms with E-state index in [1.165, 1.54) is 0 Å². The van der Waals surface area contributed by atoms with Crippen molar-refractivity contribution in [1.82, 2.24) is 20.1 Å². The van der Waals surface area contributed by atoms with Gasteiger partial charge < -0.3 is 9.84 Å². The molecule has 2 N–H and O–H groups in total. The molecule has 22 heavy (non-hydrogen) atoms. The summed E-state index contributed by atoms with van der Waals surface area (Å²) >= 11 is 0. The maximum atomic E-state index is 10.5. The number of nitrogens with one attached hydrogen (secondary N) is 1. The number of aryl methyl sites for hydroxylation is 2. The predicted molar refractivity (Wildman–Crippen MR) is 82.4 cm³/mol. The summed E-state index contributed by atoms with van der Waals surface area (Å²) in [6.07, 6.45) is -0.628. The molecule has 118 valence electrons. The van der Waals surface area contributed by atoms with Crippen LogP contribution < -0.4 is 0 Å². The molecule has 0 radical (unpaired) electrons. The first kappa shape index (κ1) is 15.1. The van der Waals surface area contributed by atoms with Crippen LogP contribution in [0.3, 0.4) is 0 Å². The number of aromatic amines is 1. The third-order valence-electron chi connectivity index (χ3n) is 4.03. The first-order chi connectivity index (χ1) is 10.6. The molecule has 1 aromatic heterocycles. The molecule has 2 aromatic rings. The second-order valence-corrected chi connectivity index (χ2v) is 5.77. The molecule has 1 aromatic carbocycles. The standard InChI is InChI=1S/C16H22N4O2/c1-11-5-3-4-6-13(11)14(21)9-20-7-8-22-15(10-20)16-17-12(2)18-19-16/h3-6,14-15,21H,7-10H2,1-2H3,(H,17,18,19)/t14-,15-/m0/s1. The van der Waals surface area contributed by atoms with E-state index in [2.05, 4.69) is 20.1 Å². The molecule has 0 bridgehead atoms. The van der Waals surface area contributed by atoms with Crippen LogP contribution in [0.1, 0.15) is 35.0 Å². The van der Waals surface area contributed by atoms with E-state index in [4.69, 9.17) is 4.74 Å². The summed E-state index contributed by atoms with van der Waals surface area (Å²) in [5.41, 5.74) is 2.10. The third-order valence-corrected chi connectivity index (χ3v) is 4.03. The van der Waals surface area contributed by atoms with Crippen molar-refractivity contribution >= 4 is 0 Å². The zero-order valence-corrected chi connectivity index (χ0v) is 13.0. The number of morpholine rings is 1. The molecule has 1 aliphatic heterocycles. The zero-order chi connectivity index (χ0) is 15.5. The van der Waals surface area contributed by atoms with Crippen LogP contribution in [0.25, 0.3) is 0 Å². The van der Waals surface area contributed by atoms with E-state index in [0.29, 0.717) is 25.5 Å². The van der Waals surface area contributed by atoms with Gasteiger partial charge in [0.1, 0.15) is 11.9 Å². The summed E-state index contributed by atoms with van der Waals surface area (Å²) in [5.74, 6) is 1.48. The van der Waals surface area contributed by atoms with Crippen LogP contribution in [0.5, 0.6) is 0 Å². The third kappa shape index (κ3) is 3.35. The number of aliphatic hydroxyl groups excluding tert-OH is 1. The lowest BCUT2D eigenvalue weighted by molar-refractivity contribution is -0.0461. The number of ether oxygens (including phenoxy) is 1. The van der Waals surface area contributed by atoms with Gasteiger partial charge in [0.05, 0.1) is 12.7 Å². The van der Waals surface area contributed by atoms with Gasteiger partial charge >= 0.3 is 0 Å². The van der Waals surface area contributed by atoms with E-state index in [1.807, 2.05) is 38.1 Å². The number of rotatable bonds is 4. The number of nitrogens with zero attached hydrogens (tertiary/aromatic N) is 3. The van der Waals surface area contributed by atoms with Crippen LogP contribution in [0.15, 0.2) is 24.3 Å². The second kappa shape index (κ2) is 6.56. The van der Waals surface area contributed by atoms with Crippen LogP contribution >= 0.6 is 0 Å². The lowest BCUT2D eigenvalue weighted by Crippen LogP contribution is -2.41. The Kier molecular flexibility index (Phi) is 4.52. The Morgan fingerprint density at radius 3 is 2.95 bits per heavy atom. The predicted octanol–water partition coefficient (Wildman–Crippen LogP) is 1.53. The molecular weight excluding hydrogens is 280 g/mol. The fourth-order valence-corrected chi connectivity index (χ4v) is 2.83. The molecule has 6 heteroatoms. The Hall–Kier alpha value is -1.76. The summed E-state index contributed by atoms with van der Waals surface area (Å²) in [6.45, 7) is 6.62. The smallest absolute Gasteiger partial charge is 0.180 e. The molecule has 2 atom stereocenters. The SMILES string of the molecule is Cc1nc([C@@H]2CN(C[C@H](O)c3ccccc3C)CCO2)n[nH]1. The molecule has 3 rings (SSSR count). The van der Waals surface area contributed by atoms with Crippen molar-refractivity contribution in [2.75, 3.05) is 26.2 Å². The quantitative estimate of drug-likeness (QED) is 0.896. The van der Waals surface area contributed by atoms with Crippen LogP contribution in [-0.2, 0) is 4.74 Å². The normalized spacial score (nSPS) is 21.0. The van der Waals surface area contributed by atoms with Crippen molar-refractivity contribution < 1.29 is 9.84 Å². The summed E-state index contributed by atoms with van der Waals surface area (Å²) in [6, 6.07) is 7.96. The fourth-order valence-electron chi connectivity index (χ4n) is 2.83. The van der Waals surface area contributed by atoms with Gasteiger partial charge in [0.15, 0.2) is 5.82 Å². The van der Waals surface area contributed by atoms with Crippen molar-refractivity contribution in [2.45, 2.75) is 26.1 Å². The molecule has 0 aliphatic carbocycles. The van der Waals surface area contributed by atoms with Gasteiger partial charge in [0.25, 0.3) is 0 Å². The van der Waals surface area contributed by atoms with E-state index in [-0.39, 0.29) is 6.10 Å². The van der Waals surface area contributed by atoms with Crippen molar-refractivity contribution in [3.63, 3.8) is 0 Å². The maximum absolute atomic E-state index is 10.5. The highest BCUT2D eigenvalue weighted by molar-refractivity contribution is 5.27.